The maximum atomic E-state index is 14.3. The predicted molar refractivity (Wildman–Crippen MR) is 155 cm³/mol. The van der Waals surface area contributed by atoms with E-state index in [1.807, 2.05) is 12.1 Å². The number of hydrogen-bond donors (Lipinski definition) is 2. The number of carbonyl (C=O) groups excluding carboxylic acids is 4. The van der Waals surface area contributed by atoms with Crippen molar-refractivity contribution in [3.63, 3.8) is 0 Å². The van der Waals surface area contributed by atoms with Crippen LogP contribution in [0, 0.1) is 29.1 Å². The highest BCUT2D eigenvalue weighted by Gasteiger charge is 2.67. The van der Waals surface area contributed by atoms with E-state index in [1.165, 1.54) is 35.2 Å². The smallest absolute Gasteiger partial charge is 0.335 e. The van der Waals surface area contributed by atoms with Crippen molar-refractivity contribution >= 4 is 41.0 Å². The average molecular weight is 577 g/mol. The minimum atomic E-state index is -1.20. The van der Waals surface area contributed by atoms with E-state index >= 15 is 0 Å². The average Bonchev–Trinajstić information content (AvgIpc) is 3.37. The lowest BCUT2D eigenvalue weighted by molar-refractivity contribution is -0.131. The Kier molecular flexibility index (Phi) is 5.92. The van der Waals surface area contributed by atoms with Gasteiger partial charge in [-0.25, -0.2) is 9.69 Å². The molecule has 9 heteroatoms. The van der Waals surface area contributed by atoms with E-state index in [0.717, 1.165) is 10.5 Å². The molecular weight excluding hydrogens is 548 g/mol. The molecule has 0 bridgehead atoms. The van der Waals surface area contributed by atoms with E-state index in [0.29, 0.717) is 11.3 Å². The maximum absolute atomic E-state index is 14.3. The fourth-order valence-corrected chi connectivity index (χ4v) is 7.96. The van der Waals surface area contributed by atoms with Crippen molar-refractivity contribution < 1.29 is 34.2 Å². The Bertz CT molecular complexity index is 1760. The van der Waals surface area contributed by atoms with Gasteiger partial charge in [0.05, 0.1) is 40.1 Å². The van der Waals surface area contributed by atoms with Crippen LogP contribution in [0.25, 0.3) is 0 Å². The number of benzene rings is 3. The van der Waals surface area contributed by atoms with Crippen LogP contribution in [0.5, 0.6) is 5.75 Å². The summed E-state index contributed by atoms with van der Waals surface area (Å²) in [5.41, 5.74) is 0.884. The van der Waals surface area contributed by atoms with Crippen molar-refractivity contribution in [2.75, 3.05) is 9.80 Å². The van der Waals surface area contributed by atoms with Crippen molar-refractivity contribution in [3.8, 4) is 5.75 Å². The Morgan fingerprint density at radius 3 is 2.26 bits per heavy atom. The molecule has 2 heterocycles. The fourth-order valence-electron chi connectivity index (χ4n) is 7.96. The zero-order valence-electron chi connectivity index (χ0n) is 23.2. The van der Waals surface area contributed by atoms with Gasteiger partial charge in [-0.15, -0.1) is 0 Å². The van der Waals surface area contributed by atoms with Gasteiger partial charge in [-0.3, -0.25) is 24.1 Å². The molecule has 1 saturated carbocycles. The summed E-state index contributed by atoms with van der Waals surface area (Å²) >= 11 is 0. The second-order valence-corrected chi connectivity index (χ2v) is 12.0. The molecule has 0 aromatic heterocycles. The van der Waals surface area contributed by atoms with E-state index in [9.17, 15) is 34.2 Å². The number of fused-ring (bicyclic) bond motifs is 4. The molecule has 2 aliphatic carbocycles. The lowest BCUT2D eigenvalue weighted by Gasteiger charge is -2.49. The fraction of sp³-hybridized carbons (Fsp3) is 0.265. The number of anilines is 2. The summed E-state index contributed by atoms with van der Waals surface area (Å²) < 4.78 is 0. The predicted octanol–water partition coefficient (Wildman–Crippen LogP) is 4.53. The summed E-state index contributed by atoms with van der Waals surface area (Å²) in [7, 11) is 0. The maximum Gasteiger partial charge on any atom is 0.335 e. The molecule has 216 valence electrons. The van der Waals surface area contributed by atoms with E-state index < -0.39 is 52.8 Å². The molecule has 0 radical (unpaired) electrons. The van der Waals surface area contributed by atoms with Gasteiger partial charge >= 0.3 is 5.97 Å². The van der Waals surface area contributed by atoms with E-state index in [4.69, 9.17) is 0 Å². The van der Waals surface area contributed by atoms with Crippen LogP contribution in [-0.4, -0.2) is 39.8 Å². The molecule has 2 aliphatic heterocycles. The van der Waals surface area contributed by atoms with Gasteiger partial charge in [-0.2, -0.15) is 0 Å². The third-order valence-electron chi connectivity index (χ3n) is 9.84. The molecule has 9 nitrogen and oxygen atoms in total. The zero-order valence-corrected chi connectivity index (χ0v) is 23.2. The second-order valence-electron chi connectivity index (χ2n) is 12.0. The van der Waals surface area contributed by atoms with Crippen LogP contribution in [0.4, 0.5) is 11.4 Å². The third kappa shape index (κ3) is 3.73. The van der Waals surface area contributed by atoms with Crippen LogP contribution in [-0.2, 0) is 19.2 Å². The van der Waals surface area contributed by atoms with Gasteiger partial charge < -0.3 is 10.2 Å². The van der Waals surface area contributed by atoms with Gasteiger partial charge in [0.15, 0.2) is 0 Å². The molecule has 4 aliphatic rings. The van der Waals surface area contributed by atoms with Crippen LogP contribution < -0.4 is 9.80 Å². The molecule has 2 saturated heterocycles. The standard InChI is InChI=1S/C34H28N2O7/c1-34-26(30(39)36(33(34)43)20-9-3-2-4-10-20)17-25-23(28(34)18-7-6-12-22(37)16-18)13-14-24-27(25)31(40)35(29(24)38)21-11-5-8-19(15-21)32(41)42/h2-13,15-16,24-28,37H,14,17H2,1H3,(H,41,42)/t24-,25+,26-,27-,28-,34+/m0/s1. The molecule has 4 amide bonds. The van der Waals surface area contributed by atoms with Crippen molar-refractivity contribution in [3.05, 3.63) is 102 Å². The van der Waals surface area contributed by atoms with Crippen molar-refractivity contribution in [2.24, 2.45) is 29.1 Å². The number of carboxylic acids is 1. The number of allylic oxidation sites excluding steroid dienone is 2. The number of nitrogens with zero attached hydrogens (tertiary/aromatic N) is 2. The van der Waals surface area contributed by atoms with Gasteiger partial charge in [-0.1, -0.05) is 48.0 Å². The minimum absolute atomic E-state index is 0.0161. The van der Waals surface area contributed by atoms with Crippen LogP contribution in [0.15, 0.2) is 90.5 Å². The largest absolute Gasteiger partial charge is 0.508 e. The van der Waals surface area contributed by atoms with Gasteiger partial charge in [-0.05, 0) is 73.7 Å². The number of hydrogen-bond acceptors (Lipinski definition) is 6. The molecule has 3 fully saturated rings. The summed E-state index contributed by atoms with van der Waals surface area (Å²) in [6, 6.07) is 21.1. The normalized spacial score (nSPS) is 29.7. The van der Waals surface area contributed by atoms with Crippen LogP contribution in [0.2, 0.25) is 0 Å². The lowest BCUT2D eigenvalue weighted by Crippen LogP contribution is -2.48. The SMILES string of the molecule is C[C@@]12C(=O)N(c3ccccc3)C(=O)[C@@H]1C[C@@H]1C(=CC[C@@H]3C(=O)N(c4cccc(C(=O)O)c4)C(=O)[C@@H]31)[C@@H]2c1cccc(O)c1. The molecule has 0 unspecified atom stereocenters. The number of phenolic OH excluding ortho intramolecular Hbond substituents is 1. The molecule has 2 N–H and O–H groups in total. The molecule has 6 atom stereocenters. The number of imide groups is 2. The first-order chi connectivity index (χ1) is 20.6. The summed E-state index contributed by atoms with van der Waals surface area (Å²) in [4.78, 5) is 70.2. The van der Waals surface area contributed by atoms with Gasteiger partial charge in [0.25, 0.3) is 0 Å². The number of rotatable bonds is 4. The van der Waals surface area contributed by atoms with Crippen molar-refractivity contribution in [1.82, 2.24) is 0 Å². The van der Waals surface area contributed by atoms with Crippen LogP contribution in [0.1, 0.15) is 41.6 Å². The molecule has 7 rings (SSSR count). The Morgan fingerprint density at radius 1 is 0.814 bits per heavy atom. The highest BCUT2D eigenvalue weighted by Crippen LogP contribution is 2.63. The van der Waals surface area contributed by atoms with Gasteiger partial charge in [0.1, 0.15) is 5.75 Å². The highest BCUT2D eigenvalue weighted by atomic mass is 16.4. The number of aromatic hydroxyl groups is 1. The number of carboxylic acid groups (broad SMARTS) is 1. The molecule has 0 spiro atoms. The first-order valence-electron chi connectivity index (χ1n) is 14.3. The molecule has 43 heavy (non-hydrogen) atoms. The molecule has 3 aromatic carbocycles. The van der Waals surface area contributed by atoms with Crippen molar-refractivity contribution in [2.45, 2.75) is 25.7 Å². The second kappa shape index (κ2) is 9.49. The number of amides is 4. The molecule has 3 aromatic rings. The third-order valence-corrected chi connectivity index (χ3v) is 9.84. The van der Waals surface area contributed by atoms with Crippen molar-refractivity contribution in [1.29, 1.82) is 0 Å². The summed E-state index contributed by atoms with van der Waals surface area (Å²) in [6.45, 7) is 1.80. The monoisotopic (exact) mass is 576 g/mol. The van der Waals surface area contributed by atoms with Crippen LogP contribution in [0.3, 0.4) is 0 Å². The van der Waals surface area contributed by atoms with Gasteiger partial charge in [0.2, 0.25) is 23.6 Å². The summed E-state index contributed by atoms with van der Waals surface area (Å²) in [5.74, 6) is -6.07. The summed E-state index contributed by atoms with van der Waals surface area (Å²) in [5, 5.41) is 19.9. The van der Waals surface area contributed by atoms with E-state index in [-0.39, 0.29) is 41.7 Å². The zero-order chi connectivity index (χ0) is 30.2. The van der Waals surface area contributed by atoms with E-state index in [2.05, 4.69) is 0 Å². The van der Waals surface area contributed by atoms with Crippen LogP contribution >= 0.6 is 0 Å². The number of carbonyl (C=O) groups is 5. The highest BCUT2D eigenvalue weighted by molar-refractivity contribution is 6.25. The Morgan fingerprint density at radius 2 is 1.53 bits per heavy atom. The first kappa shape index (κ1) is 26.8. The first-order valence-corrected chi connectivity index (χ1v) is 14.3. The number of para-hydroxylation sites is 1. The van der Waals surface area contributed by atoms with E-state index in [1.54, 1.807) is 49.4 Å². The Labute approximate surface area is 247 Å². The minimum Gasteiger partial charge on any atom is -0.508 e. The Hall–Kier alpha value is -5.05. The summed E-state index contributed by atoms with van der Waals surface area (Å²) in [6.07, 6.45) is 2.40. The number of phenols is 1. The topological polar surface area (TPSA) is 132 Å². The van der Waals surface area contributed by atoms with Gasteiger partial charge in [0, 0.05) is 5.92 Å². The number of aromatic carboxylic acids is 1. The quantitative estimate of drug-likeness (QED) is 0.345. The molecular formula is C34H28N2O7. The Balaban J connectivity index is 1.35. The lowest BCUT2D eigenvalue weighted by atomic mass is 9.51.